The Hall–Kier alpha value is -1.11. The Balaban J connectivity index is 2.75. The van der Waals surface area contributed by atoms with Crippen molar-refractivity contribution >= 4 is 27.5 Å². The number of benzene rings is 1. The summed E-state index contributed by atoms with van der Waals surface area (Å²) in [5.41, 5.74) is 0.225. The molecule has 0 saturated heterocycles. The Morgan fingerprint density at radius 3 is 2.60 bits per heavy atom. The molecule has 0 heterocycles. The van der Waals surface area contributed by atoms with Crippen molar-refractivity contribution in [2.75, 3.05) is 6.54 Å². The number of hydrogen-bond acceptors (Lipinski definition) is 3. The lowest BCUT2D eigenvalue weighted by molar-refractivity contribution is 0.0952. The molecule has 5 nitrogen and oxygen atoms in total. The van der Waals surface area contributed by atoms with Gasteiger partial charge in [0.25, 0.3) is 5.91 Å². The third-order valence-electron chi connectivity index (χ3n) is 2.74. The lowest BCUT2D eigenvalue weighted by Crippen LogP contribution is -2.25. The largest absolute Gasteiger partial charge is 0.352 e. The van der Waals surface area contributed by atoms with E-state index in [2.05, 4.69) is 19.2 Å². The van der Waals surface area contributed by atoms with E-state index < -0.39 is 10.0 Å². The van der Waals surface area contributed by atoms with Gasteiger partial charge >= 0.3 is 0 Å². The number of hydrogen-bond donors (Lipinski definition) is 2. The molecule has 1 aromatic rings. The highest BCUT2D eigenvalue weighted by molar-refractivity contribution is 7.89. The van der Waals surface area contributed by atoms with Gasteiger partial charge in [0, 0.05) is 12.1 Å². The lowest BCUT2D eigenvalue weighted by atomic mass is 10.1. The zero-order valence-electron chi connectivity index (χ0n) is 11.5. The van der Waals surface area contributed by atoms with Gasteiger partial charge in [0.2, 0.25) is 10.0 Å². The number of sulfonamides is 1. The number of carbonyl (C=O) groups excluding carboxylic acids is 1. The molecule has 7 heteroatoms. The van der Waals surface area contributed by atoms with Gasteiger partial charge in [-0.25, -0.2) is 13.6 Å². The highest BCUT2D eigenvalue weighted by Crippen LogP contribution is 2.21. The van der Waals surface area contributed by atoms with E-state index in [4.69, 9.17) is 16.7 Å². The highest BCUT2D eigenvalue weighted by Gasteiger charge is 2.16. The van der Waals surface area contributed by atoms with Gasteiger partial charge in [-0.15, -0.1) is 0 Å². The van der Waals surface area contributed by atoms with Gasteiger partial charge in [-0.1, -0.05) is 25.4 Å². The first-order valence-corrected chi connectivity index (χ1v) is 8.25. The van der Waals surface area contributed by atoms with E-state index in [0.29, 0.717) is 12.5 Å². The van der Waals surface area contributed by atoms with Gasteiger partial charge in [0.1, 0.15) is 4.90 Å². The van der Waals surface area contributed by atoms with Crippen LogP contribution in [0.4, 0.5) is 0 Å². The maximum Gasteiger partial charge on any atom is 0.251 e. The number of carbonyl (C=O) groups is 1. The van der Waals surface area contributed by atoms with E-state index in [1.54, 1.807) is 0 Å². The average Bonchev–Trinajstić information content (AvgIpc) is 2.33. The molecular formula is C13H19ClN2O3S. The maximum absolute atomic E-state index is 11.9. The number of nitrogens with one attached hydrogen (secondary N) is 1. The van der Waals surface area contributed by atoms with Crippen LogP contribution in [0.5, 0.6) is 0 Å². The molecule has 0 aliphatic carbocycles. The molecule has 1 rings (SSSR count). The van der Waals surface area contributed by atoms with E-state index in [9.17, 15) is 13.2 Å². The average molecular weight is 319 g/mol. The monoisotopic (exact) mass is 318 g/mol. The van der Waals surface area contributed by atoms with Crippen molar-refractivity contribution in [3.63, 3.8) is 0 Å². The summed E-state index contributed by atoms with van der Waals surface area (Å²) in [4.78, 5) is 11.6. The van der Waals surface area contributed by atoms with Gasteiger partial charge < -0.3 is 5.32 Å². The van der Waals surface area contributed by atoms with Crippen LogP contribution >= 0.6 is 11.6 Å². The van der Waals surface area contributed by atoms with Gasteiger partial charge in [-0.3, -0.25) is 4.79 Å². The van der Waals surface area contributed by atoms with Crippen molar-refractivity contribution < 1.29 is 13.2 Å². The molecule has 0 saturated carbocycles. The van der Waals surface area contributed by atoms with Crippen molar-refractivity contribution in [1.29, 1.82) is 0 Å². The standard InChI is InChI=1S/C13H19ClN2O3S/c1-9(2)4-3-7-16-13(17)10-5-6-11(14)12(8-10)20(15,18)19/h5-6,8-9H,3-4,7H2,1-2H3,(H,16,17)(H2,15,18,19). The minimum absolute atomic E-state index is 0.00357. The van der Waals surface area contributed by atoms with Gasteiger partial charge in [0.05, 0.1) is 5.02 Å². The molecular weight excluding hydrogens is 300 g/mol. The second-order valence-corrected chi connectivity index (χ2v) is 6.92. The predicted octanol–water partition coefficient (Wildman–Crippen LogP) is 2.15. The molecule has 0 aliphatic heterocycles. The molecule has 0 fully saturated rings. The Morgan fingerprint density at radius 1 is 1.40 bits per heavy atom. The smallest absolute Gasteiger partial charge is 0.251 e. The molecule has 20 heavy (non-hydrogen) atoms. The normalized spacial score (nSPS) is 11.7. The van der Waals surface area contributed by atoms with Crippen LogP contribution in [0.25, 0.3) is 0 Å². The number of halogens is 1. The SMILES string of the molecule is CC(C)CCCNC(=O)c1ccc(Cl)c(S(N)(=O)=O)c1. The fourth-order valence-electron chi connectivity index (χ4n) is 1.68. The minimum Gasteiger partial charge on any atom is -0.352 e. The van der Waals surface area contributed by atoms with Crippen LogP contribution in [0.3, 0.4) is 0 Å². The van der Waals surface area contributed by atoms with Gasteiger partial charge in [0.15, 0.2) is 0 Å². The van der Waals surface area contributed by atoms with E-state index in [-0.39, 0.29) is 21.4 Å². The number of primary sulfonamides is 1. The molecule has 3 N–H and O–H groups in total. The predicted molar refractivity (Wildman–Crippen MR) is 79.2 cm³/mol. The molecule has 0 atom stereocenters. The van der Waals surface area contributed by atoms with Crippen molar-refractivity contribution in [2.24, 2.45) is 11.1 Å². The quantitative estimate of drug-likeness (QED) is 0.788. The molecule has 0 unspecified atom stereocenters. The number of amides is 1. The van der Waals surface area contributed by atoms with Gasteiger partial charge in [-0.05, 0) is 37.0 Å². The Labute approximate surface area is 124 Å². The summed E-state index contributed by atoms with van der Waals surface area (Å²) in [6.45, 7) is 4.77. The van der Waals surface area contributed by atoms with E-state index >= 15 is 0 Å². The minimum atomic E-state index is -3.94. The van der Waals surface area contributed by atoms with E-state index in [0.717, 1.165) is 12.8 Å². The Morgan fingerprint density at radius 2 is 2.05 bits per heavy atom. The summed E-state index contributed by atoms with van der Waals surface area (Å²) < 4.78 is 22.7. The molecule has 0 aromatic heterocycles. The summed E-state index contributed by atoms with van der Waals surface area (Å²) in [6, 6.07) is 4.01. The van der Waals surface area contributed by atoms with Crippen LogP contribution in [-0.2, 0) is 10.0 Å². The first-order chi connectivity index (χ1) is 9.21. The van der Waals surface area contributed by atoms with E-state index in [1.807, 2.05) is 0 Å². The number of nitrogens with two attached hydrogens (primary N) is 1. The fraction of sp³-hybridized carbons (Fsp3) is 0.462. The maximum atomic E-state index is 11.9. The molecule has 0 aliphatic rings. The lowest BCUT2D eigenvalue weighted by Gasteiger charge is -2.08. The second kappa shape index (κ2) is 7.06. The third-order valence-corrected chi connectivity index (χ3v) is 4.14. The fourth-order valence-corrected chi connectivity index (χ4v) is 2.75. The van der Waals surface area contributed by atoms with Crippen molar-refractivity contribution in [3.8, 4) is 0 Å². The Kier molecular flexibility index (Phi) is 5.98. The first-order valence-electron chi connectivity index (χ1n) is 6.32. The summed E-state index contributed by atoms with van der Waals surface area (Å²) >= 11 is 5.76. The van der Waals surface area contributed by atoms with Crippen molar-refractivity contribution in [2.45, 2.75) is 31.6 Å². The summed E-state index contributed by atoms with van der Waals surface area (Å²) in [5, 5.41) is 7.78. The Bertz CT molecular complexity index is 585. The zero-order valence-corrected chi connectivity index (χ0v) is 13.1. The highest BCUT2D eigenvalue weighted by atomic mass is 35.5. The van der Waals surface area contributed by atoms with Crippen LogP contribution in [0.15, 0.2) is 23.1 Å². The summed E-state index contributed by atoms with van der Waals surface area (Å²) in [6.07, 6.45) is 1.89. The molecule has 1 aromatic carbocycles. The van der Waals surface area contributed by atoms with Crippen LogP contribution in [-0.4, -0.2) is 20.9 Å². The topological polar surface area (TPSA) is 89.3 Å². The molecule has 1 amide bonds. The molecule has 0 bridgehead atoms. The van der Waals surface area contributed by atoms with E-state index in [1.165, 1.54) is 18.2 Å². The summed E-state index contributed by atoms with van der Waals surface area (Å²) in [7, 11) is -3.94. The van der Waals surface area contributed by atoms with Crippen molar-refractivity contribution in [3.05, 3.63) is 28.8 Å². The first kappa shape index (κ1) is 16.9. The van der Waals surface area contributed by atoms with Crippen molar-refractivity contribution in [1.82, 2.24) is 5.32 Å². The summed E-state index contributed by atoms with van der Waals surface area (Å²) in [5.74, 6) is 0.242. The number of rotatable bonds is 6. The van der Waals surface area contributed by atoms with Crippen LogP contribution in [0, 0.1) is 5.92 Å². The zero-order chi connectivity index (χ0) is 15.3. The molecule has 0 radical (unpaired) electrons. The van der Waals surface area contributed by atoms with Gasteiger partial charge in [-0.2, -0.15) is 0 Å². The van der Waals surface area contributed by atoms with Crippen LogP contribution in [0.1, 0.15) is 37.0 Å². The second-order valence-electron chi connectivity index (χ2n) is 4.98. The third kappa shape index (κ3) is 5.11. The van der Waals surface area contributed by atoms with Crippen LogP contribution < -0.4 is 10.5 Å². The molecule has 112 valence electrons. The van der Waals surface area contributed by atoms with Crippen LogP contribution in [0.2, 0.25) is 5.02 Å². The molecule has 0 spiro atoms.